The summed E-state index contributed by atoms with van der Waals surface area (Å²) in [6.45, 7) is 10.7. The third-order valence-corrected chi connectivity index (χ3v) is 1.96. The first-order valence-electron chi connectivity index (χ1n) is 4.70. The molecule has 2 heterocycles. The molecule has 0 saturated carbocycles. The van der Waals surface area contributed by atoms with Gasteiger partial charge in [0.15, 0.2) is 0 Å². The molecule has 13 heavy (non-hydrogen) atoms. The molecule has 2 heteroatoms. The molecular formula is C11H18O2. The number of hydrogen-bond donors (Lipinski definition) is 0. The summed E-state index contributed by atoms with van der Waals surface area (Å²) in [6.07, 6.45) is 5.35. The predicted molar refractivity (Wildman–Crippen MR) is 53.7 cm³/mol. The van der Waals surface area contributed by atoms with Gasteiger partial charge in [-0.3, -0.25) is 0 Å². The van der Waals surface area contributed by atoms with Crippen LogP contribution < -0.4 is 0 Å². The van der Waals surface area contributed by atoms with E-state index >= 15 is 0 Å². The van der Waals surface area contributed by atoms with Crippen molar-refractivity contribution in [2.24, 2.45) is 0 Å². The van der Waals surface area contributed by atoms with Gasteiger partial charge in [0, 0.05) is 0 Å². The van der Waals surface area contributed by atoms with Gasteiger partial charge >= 0.3 is 0 Å². The fraction of sp³-hybridized carbons (Fsp3) is 0.636. The highest BCUT2D eigenvalue weighted by molar-refractivity contribution is 5.08. The fourth-order valence-electron chi connectivity index (χ4n) is 1.08. The van der Waals surface area contributed by atoms with Gasteiger partial charge in [0.25, 0.3) is 0 Å². The molecule has 0 N–H and O–H groups in total. The second-order valence-corrected chi connectivity index (χ2v) is 3.51. The average molecular weight is 182 g/mol. The van der Waals surface area contributed by atoms with E-state index in [-0.39, 0.29) is 0 Å². The molecule has 0 amide bonds. The Hall–Kier alpha value is -0.600. The molecular weight excluding hydrogens is 164 g/mol. The smallest absolute Gasteiger partial charge is 0.104 e. The Morgan fingerprint density at radius 3 is 2.15 bits per heavy atom. The SMILES string of the molecule is C=C(C)C1OC1C.CC=CC1CO1. The summed E-state index contributed by atoms with van der Waals surface area (Å²) in [5, 5.41) is 0. The van der Waals surface area contributed by atoms with E-state index in [9.17, 15) is 0 Å². The van der Waals surface area contributed by atoms with Gasteiger partial charge in [0.1, 0.15) is 6.10 Å². The van der Waals surface area contributed by atoms with E-state index in [4.69, 9.17) is 9.47 Å². The lowest BCUT2D eigenvalue weighted by Crippen LogP contribution is -1.87. The summed E-state index contributed by atoms with van der Waals surface area (Å²) in [5.41, 5.74) is 1.15. The minimum absolute atomic E-state index is 0.375. The Morgan fingerprint density at radius 1 is 1.54 bits per heavy atom. The van der Waals surface area contributed by atoms with Gasteiger partial charge in [-0.05, 0) is 26.3 Å². The molecule has 2 saturated heterocycles. The van der Waals surface area contributed by atoms with Crippen molar-refractivity contribution in [3.63, 3.8) is 0 Å². The lowest BCUT2D eigenvalue weighted by atomic mass is 10.2. The van der Waals surface area contributed by atoms with E-state index in [0.717, 1.165) is 12.2 Å². The molecule has 0 aromatic rings. The van der Waals surface area contributed by atoms with Gasteiger partial charge in [-0.1, -0.05) is 18.7 Å². The van der Waals surface area contributed by atoms with Gasteiger partial charge in [-0.25, -0.2) is 0 Å². The average Bonchev–Trinajstić information content (AvgIpc) is 2.88. The summed E-state index contributed by atoms with van der Waals surface area (Å²) in [4.78, 5) is 0. The molecule has 0 radical (unpaired) electrons. The van der Waals surface area contributed by atoms with Crippen LogP contribution in [0.2, 0.25) is 0 Å². The third-order valence-electron chi connectivity index (χ3n) is 1.96. The van der Waals surface area contributed by atoms with Gasteiger partial charge < -0.3 is 9.47 Å². The van der Waals surface area contributed by atoms with Crippen LogP contribution in [-0.2, 0) is 9.47 Å². The quantitative estimate of drug-likeness (QED) is 0.483. The molecule has 3 atom stereocenters. The zero-order valence-corrected chi connectivity index (χ0v) is 8.62. The second kappa shape index (κ2) is 4.58. The minimum atomic E-state index is 0.375. The molecule has 0 aromatic heterocycles. The zero-order valence-electron chi connectivity index (χ0n) is 8.62. The Labute approximate surface area is 80.2 Å². The molecule has 3 unspecified atom stereocenters. The van der Waals surface area contributed by atoms with Crippen molar-refractivity contribution < 1.29 is 9.47 Å². The Kier molecular flexibility index (Phi) is 3.70. The van der Waals surface area contributed by atoms with Crippen molar-refractivity contribution in [3.8, 4) is 0 Å². The van der Waals surface area contributed by atoms with E-state index in [1.807, 2.05) is 19.9 Å². The maximum absolute atomic E-state index is 5.08. The predicted octanol–water partition coefficient (Wildman–Crippen LogP) is 2.31. The van der Waals surface area contributed by atoms with Crippen molar-refractivity contribution in [2.45, 2.75) is 39.1 Å². The summed E-state index contributed by atoms with van der Waals surface area (Å²) in [5.74, 6) is 0. The zero-order chi connectivity index (χ0) is 9.84. The molecule has 0 aromatic carbocycles. The molecule has 2 nitrogen and oxygen atoms in total. The van der Waals surface area contributed by atoms with Crippen LogP contribution in [0.1, 0.15) is 20.8 Å². The van der Waals surface area contributed by atoms with Crippen molar-refractivity contribution in [3.05, 3.63) is 24.3 Å². The summed E-state index contributed by atoms with van der Waals surface area (Å²) >= 11 is 0. The third kappa shape index (κ3) is 4.25. The van der Waals surface area contributed by atoms with Gasteiger partial charge in [-0.15, -0.1) is 0 Å². The molecule has 2 aliphatic heterocycles. The number of epoxide rings is 2. The molecule has 0 aliphatic carbocycles. The van der Waals surface area contributed by atoms with Crippen LogP contribution in [0.15, 0.2) is 24.3 Å². The van der Waals surface area contributed by atoms with Crippen LogP contribution in [0, 0.1) is 0 Å². The van der Waals surface area contributed by atoms with Gasteiger partial charge in [0.2, 0.25) is 0 Å². The molecule has 2 fully saturated rings. The molecule has 0 spiro atoms. The largest absolute Gasteiger partial charge is 0.369 e. The minimum Gasteiger partial charge on any atom is -0.369 e. The Morgan fingerprint density at radius 2 is 2.08 bits per heavy atom. The van der Waals surface area contributed by atoms with E-state index < -0.39 is 0 Å². The van der Waals surface area contributed by atoms with Crippen LogP contribution in [-0.4, -0.2) is 24.9 Å². The van der Waals surface area contributed by atoms with Crippen LogP contribution in [0.5, 0.6) is 0 Å². The standard InChI is InChI=1S/C6H10O.C5H8O/c1-4(2)6-5(3)7-6;1-2-3-5-4-6-5/h5-6H,1H2,2-3H3;2-3,5H,4H2,1H3. The van der Waals surface area contributed by atoms with Crippen LogP contribution in [0.4, 0.5) is 0 Å². The van der Waals surface area contributed by atoms with Crippen molar-refractivity contribution in [1.82, 2.24) is 0 Å². The fourth-order valence-corrected chi connectivity index (χ4v) is 1.08. The van der Waals surface area contributed by atoms with Crippen molar-refractivity contribution >= 4 is 0 Å². The highest BCUT2D eigenvalue weighted by Gasteiger charge is 2.34. The van der Waals surface area contributed by atoms with Crippen molar-refractivity contribution in [1.29, 1.82) is 0 Å². The first-order chi connectivity index (χ1) is 6.15. The number of rotatable bonds is 2. The Balaban J connectivity index is 0.000000132. The topological polar surface area (TPSA) is 25.1 Å². The second-order valence-electron chi connectivity index (χ2n) is 3.51. The number of ether oxygens (including phenoxy) is 2. The lowest BCUT2D eigenvalue weighted by molar-refractivity contribution is 0.395. The highest BCUT2D eigenvalue weighted by atomic mass is 16.6. The molecule has 2 aliphatic rings. The van der Waals surface area contributed by atoms with E-state index in [2.05, 4.69) is 19.6 Å². The van der Waals surface area contributed by atoms with Crippen LogP contribution in [0.25, 0.3) is 0 Å². The molecule has 0 bridgehead atoms. The maximum atomic E-state index is 5.08. The van der Waals surface area contributed by atoms with Gasteiger partial charge in [0.05, 0.1) is 18.8 Å². The Bertz CT molecular complexity index is 204. The number of allylic oxidation sites excluding steroid dienone is 1. The van der Waals surface area contributed by atoms with Crippen LogP contribution >= 0.6 is 0 Å². The normalized spacial score (nSPS) is 35.2. The summed E-state index contributed by atoms with van der Waals surface area (Å²) < 4.78 is 9.94. The summed E-state index contributed by atoms with van der Waals surface area (Å²) in [7, 11) is 0. The van der Waals surface area contributed by atoms with Crippen molar-refractivity contribution in [2.75, 3.05) is 6.61 Å². The first-order valence-corrected chi connectivity index (χ1v) is 4.70. The summed E-state index contributed by atoms with van der Waals surface area (Å²) in [6, 6.07) is 0. The number of hydrogen-bond acceptors (Lipinski definition) is 2. The maximum Gasteiger partial charge on any atom is 0.104 e. The highest BCUT2D eigenvalue weighted by Crippen LogP contribution is 2.26. The van der Waals surface area contributed by atoms with Gasteiger partial charge in [-0.2, -0.15) is 0 Å². The molecule has 74 valence electrons. The first kappa shape index (κ1) is 10.5. The van der Waals surface area contributed by atoms with E-state index in [1.54, 1.807) is 0 Å². The monoisotopic (exact) mass is 182 g/mol. The lowest BCUT2D eigenvalue weighted by Gasteiger charge is -1.82. The van der Waals surface area contributed by atoms with Crippen LogP contribution in [0.3, 0.4) is 0 Å². The van der Waals surface area contributed by atoms with E-state index in [1.165, 1.54) is 0 Å². The molecule has 2 rings (SSSR count). The van der Waals surface area contributed by atoms with E-state index in [0.29, 0.717) is 18.3 Å².